The van der Waals surface area contributed by atoms with E-state index in [1.165, 1.54) is 12.1 Å². The molecule has 1 aromatic carbocycles. The highest BCUT2D eigenvalue weighted by Crippen LogP contribution is 2.40. The average molecular weight is 376 g/mol. The molecule has 0 bridgehead atoms. The second-order valence-corrected chi connectivity index (χ2v) is 8.41. The summed E-state index contributed by atoms with van der Waals surface area (Å²) >= 11 is 0. The van der Waals surface area contributed by atoms with E-state index in [0.29, 0.717) is 5.57 Å². The Kier molecular flexibility index (Phi) is 5.37. The van der Waals surface area contributed by atoms with Gasteiger partial charge >= 0.3 is 0 Å². The van der Waals surface area contributed by atoms with Gasteiger partial charge in [0.15, 0.2) is 15.4 Å². The Balaban J connectivity index is 2.72. The van der Waals surface area contributed by atoms with Crippen LogP contribution in [0.2, 0.25) is 0 Å². The highest BCUT2D eigenvalue weighted by Gasteiger charge is 2.43. The molecule has 0 unspecified atom stereocenters. The summed E-state index contributed by atoms with van der Waals surface area (Å²) < 4.78 is 43.7. The molecule has 0 amide bonds. The first kappa shape index (κ1) is 19.8. The van der Waals surface area contributed by atoms with Gasteiger partial charge in [-0.2, -0.15) is 0 Å². The quantitative estimate of drug-likeness (QED) is 0.729. The van der Waals surface area contributed by atoms with Crippen LogP contribution in [0.4, 0.5) is 4.39 Å². The fourth-order valence-corrected chi connectivity index (χ4v) is 3.25. The van der Waals surface area contributed by atoms with Gasteiger partial charge in [-0.25, -0.2) is 12.8 Å². The van der Waals surface area contributed by atoms with Crippen molar-refractivity contribution in [2.24, 2.45) is 0 Å². The number of benzene rings is 1. The Bertz CT molecular complexity index is 964. The normalized spacial score (nSPS) is 17.7. The third-order valence-electron chi connectivity index (χ3n) is 3.98. The van der Waals surface area contributed by atoms with Crippen molar-refractivity contribution < 1.29 is 22.3 Å². The molecule has 0 N–H and O–H groups in total. The summed E-state index contributed by atoms with van der Waals surface area (Å²) in [5.41, 5.74) is -0.288. The molecular weight excluding hydrogens is 355 g/mol. The Morgan fingerprint density at radius 2 is 1.96 bits per heavy atom. The number of allylic oxidation sites excluding steroid dienone is 5. The Morgan fingerprint density at radius 3 is 2.46 bits per heavy atom. The monoisotopic (exact) mass is 376 g/mol. The molecule has 0 fully saturated rings. The van der Waals surface area contributed by atoms with Crippen molar-refractivity contribution in [1.29, 1.82) is 0 Å². The molecule has 26 heavy (non-hydrogen) atoms. The molecule has 1 aliphatic heterocycles. The van der Waals surface area contributed by atoms with Crippen LogP contribution in [-0.4, -0.2) is 26.1 Å². The minimum atomic E-state index is -3.54. The minimum Gasteiger partial charge on any atom is -0.478 e. The molecule has 4 nitrogen and oxygen atoms in total. The molecule has 0 radical (unpaired) electrons. The third kappa shape index (κ3) is 3.70. The van der Waals surface area contributed by atoms with Gasteiger partial charge in [-0.3, -0.25) is 4.79 Å². The second-order valence-electron chi connectivity index (χ2n) is 6.40. The number of ether oxygens (including phenoxy) is 1. The molecular formula is C20H21FO4S. The maximum atomic E-state index is 14.7. The zero-order valence-corrected chi connectivity index (χ0v) is 16.0. The number of halogens is 1. The number of hydrogen-bond acceptors (Lipinski definition) is 4. The van der Waals surface area contributed by atoms with Gasteiger partial charge < -0.3 is 4.74 Å². The van der Waals surface area contributed by atoms with Gasteiger partial charge in [-0.05, 0) is 44.5 Å². The van der Waals surface area contributed by atoms with Crippen LogP contribution >= 0.6 is 0 Å². The van der Waals surface area contributed by atoms with Crippen molar-refractivity contribution in [1.82, 2.24) is 0 Å². The van der Waals surface area contributed by atoms with Crippen molar-refractivity contribution in [2.45, 2.75) is 31.3 Å². The van der Waals surface area contributed by atoms with Gasteiger partial charge in [-0.15, -0.1) is 0 Å². The summed E-state index contributed by atoms with van der Waals surface area (Å²) in [7, 11) is -3.54. The van der Waals surface area contributed by atoms with Crippen molar-refractivity contribution in [3.05, 3.63) is 71.6 Å². The number of sulfone groups is 1. The van der Waals surface area contributed by atoms with Crippen LogP contribution in [0, 0.1) is 5.82 Å². The standard InChI is InChI=1S/C20H21FO4S/c1-6-8-9-13(7-2)17-18(25-20(3,4)19(17)22)15-11-10-14(12-16(15)21)26(5,23)24/h6-12H,1H2,2-5H3/b9-8-,13-7+. The Labute approximate surface area is 153 Å². The number of Topliss-reactive ketones (excluding diaryl/α,β-unsaturated/α-hetero) is 1. The number of ketones is 1. The summed E-state index contributed by atoms with van der Waals surface area (Å²) in [5, 5.41) is 0. The van der Waals surface area contributed by atoms with E-state index in [0.717, 1.165) is 12.3 Å². The summed E-state index contributed by atoms with van der Waals surface area (Å²) in [6, 6.07) is 3.55. The molecule has 0 aliphatic carbocycles. The molecule has 0 saturated carbocycles. The zero-order valence-electron chi connectivity index (χ0n) is 15.2. The van der Waals surface area contributed by atoms with E-state index in [1.807, 2.05) is 0 Å². The molecule has 1 heterocycles. The largest absolute Gasteiger partial charge is 0.478 e. The molecule has 0 atom stereocenters. The van der Waals surface area contributed by atoms with E-state index < -0.39 is 21.3 Å². The number of rotatable bonds is 5. The van der Waals surface area contributed by atoms with E-state index >= 15 is 0 Å². The van der Waals surface area contributed by atoms with E-state index in [9.17, 15) is 17.6 Å². The lowest BCUT2D eigenvalue weighted by Gasteiger charge is -2.18. The fraction of sp³-hybridized carbons (Fsp3) is 0.250. The van der Waals surface area contributed by atoms with Crippen molar-refractivity contribution in [3.63, 3.8) is 0 Å². The first-order valence-corrected chi connectivity index (χ1v) is 9.86. The van der Waals surface area contributed by atoms with Crippen LogP contribution in [0.5, 0.6) is 0 Å². The van der Waals surface area contributed by atoms with Gasteiger partial charge in [0.2, 0.25) is 5.78 Å². The molecule has 6 heteroatoms. The van der Waals surface area contributed by atoms with Crippen molar-refractivity contribution >= 4 is 21.4 Å². The van der Waals surface area contributed by atoms with E-state index in [-0.39, 0.29) is 27.6 Å². The molecule has 1 aliphatic rings. The van der Waals surface area contributed by atoms with Crippen LogP contribution in [0.25, 0.3) is 5.76 Å². The first-order chi connectivity index (χ1) is 12.0. The second kappa shape index (κ2) is 7.03. The highest BCUT2D eigenvalue weighted by atomic mass is 32.2. The highest BCUT2D eigenvalue weighted by molar-refractivity contribution is 7.90. The van der Waals surface area contributed by atoms with Gasteiger partial charge in [0, 0.05) is 6.26 Å². The summed E-state index contributed by atoms with van der Waals surface area (Å²) in [4.78, 5) is 12.7. The lowest BCUT2D eigenvalue weighted by Crippen LogP contribution is -2.29. The van der Waals surface area contributed by atoms with Crippen LogP contribution in [-0.2, 0) is 19.4 Å². The predicted molar refractivity (Wildman–Crippen MR) is 99.7 cm³/mol. The van der Waals surface area contributed by atoms with Crippen LogP contribution in [0.15, 0.2) is 65.1 Å². The van der Waals surface area contributed by atoms with E-state index in [4.69, 9.17) is 4.74 Å². The lowest BCUT2D eigenvalue weighted by atomic mass is 9.92. The maximum Gasteiger partial charge on any atom is 0.210 e. The SMILES string of the molecule is C=C/C=C\C(=C/C)C1=C(c2ccc(S(C)(=O)=O)cc2F)OC(C)(C)C1=O. The van der Waals surface area contributed by atoms with E-state index in [2.05, 4.69) is 6.58 Å². The van der Waals surface area contributed by atoms with Gasteiger partial charge in [0.1, 0.15) is 11.6 Å². The number of carbonyl (C=O) groups excluding carboxylic acids is 1. The van der Waals surface area contributed by atoms with Gasteiger partial charge in [0.05, 0.1) is 16.0 Å². The molecule has 0 saturated heterocycles. The van der Waals surface area contributed by atoms with E-state index in [1.54, 1.807) is 45.1 Å². The van der Waals surface area contributed by atoms with Crippen LogP contribution in [0.3, 0.4) is 0 Å². The van der Waals surface area contributed by atoms with Gasteiger partial charge in [-0.1, -0.05) is 30.9 Å². The molecule has 1 aromatic rings. The van der Waals surface area contributed by atoms with Gasteiger partial charge in [0.25, 0.3) is 0 Å². The van der Waals surface area contributed by atoms with Crippen LogP contribution < -0.4 is 0 Å². The zero-order chi connectivity index (χ0) is 19.7. The molecule has 0 aromatic heterocycles. The van der Waals surface area contributed by atoms with Crippen LogP contribution in [0.1, 0.15) is 26.3 Å². The summed E-state index contributed by atoms with van der Waals surface area (Å²) in [5.74, 6) is -0.950. The minimum absolute atomic E-state index is 0.0395. The first-order valence-electron chi connectivity index (χ1n) is 7.96. The maximum absolute atomic E-state index is 14.7. The molecule has 2 rings (SSSR count). The molecule has 0 spiro atoms. The lowest BCUT2D eigenvalue weighted by molar-refractivity contribution is -0.126. The van der Waals surface area contributed by atoms with Crippen molar-refractivity contribution in [2.75, 3.05) is 6.26 Å². The average Bonchev–Trinajstić information content (AvgIpc) is 2.78. The Morgan fingerprint density at radius 1 is 1.31 bits per heavy atom. The topological polar surface area (TPSA) is 60.4 Å². The summed E-state index contributed by atoms with van der Waals surface area (Å²) in [6.45, 7) is 8.57. The summed E-state index contributed by atoms with van der Waals surface area (Å²) in [6.07, 6.45) is 7.65. The fourth-order valence-electron chi connectivity index (χ4n) is 2.61. The predicted octanol–water partition coefficient (Wildman–Crippen LogP) is 4.01. The number of carbonyl (C=O) groups is 1. The smallest absolute Gasteiger partial charge is 0.210 e. The molecule has 138 valence electrons. The number of hydrogen-bond donors (Lipinski definition) is 0. The van der Waals surface area contributed by atoms with Crippen molar-refractivity contribution in [3.8, 4) is 0 Å². The Hall–Kier alpha value is -2.47. The third-order valence-corrected chi connectivity index (χ3v) is 5.09.